The molecule has 2 fully saturated rings. The molecule has 4 nitrogen and oxygen atoms in total. The highest BCUT2D eigenvalue weighted by Crippen LogP contribution is 2.38. The molecule has 1 unspecified atom stereocenters. The second-order valence-electron chi connectivity index (χ2n) is 5.37. The lowest BCUT2D eigenvalue weighted by molar-refractivity contribution is 0.0718. The van der Waals surface area contributed by atoms with E-state index in [1.165, 1.54) is 23.1 Å². The van der Waals surface area contributed by atoms with E-state index in [9.17, 15) is 14.3 Å². The average Bonchev–Trinajstić information content (AvgIpc) is 2.62. The van der Waals surface area contributed by atoms with Crippen LogP contribution < -0.4 is 10.2 Å². The second-order valence-corrected chi connectivity index (χ2v) is 5.37. The smallest absolute Gasteiger partial charge is 0.324 e. The number of anilines is 1. The molecule has 1 atom stereocenters. The summed E-state index contributed by atoms with van der Waals surface area (Å²) in [5.74, 6) is -0.415. The minimum Gasteiger partial charge on any atom is -0.371 e. The van der Waals surface area contributed by atoms with Crippen LogP contribution in [0, 0.1) is 5.82 Å². The third-order valence-corrected chi connectivity index (χ3v) is 4.15. The molecule has 2 amide bonds. The Balaban J connectivity index is 1.92. The van der Waals surface area contributed by atoms with Gasteiger partial charge in [0.1, 0.15) is 5.82 Å². The molecule has 1 aliphatic heterocycles. The highest BCUT2D eigenvalue weighted by Gasteiger charge is 2.51. The summed E-state index contributed by atoms with van der Waals surface area (Å²) in [5, 5.41) is 13.4. The van der Waals surface area contributed by atoms with Gasteiger partial charge in [0.05, 0.1) is 11.2 Å². The average molecular weight is 264 g/mol. The van der Waals surface area contributed by atoms with Crippen LogP contribution in [0.5, 0.6) is 0 Å². The fourth-order valence-electron chi connectivity index (χ4n) is 3.15. The number of amides is 2. The van der Waals surface area contributed by atoms with E-state index >= 15 is 0 Å². The molecule has 1 aliphatic carbocycles. The molecule has 0 bridgehead atoms. The van der Waals surface area contributed by atoms with Crippen molar-refractivity contribution in [2.45, 2.75) is 43.9 Å². The van der Waals surface area contributed by atoms with Gasteiger partial charge in [0, 0.05) is 0 Å². The van der Waals surface area contributed by atoms with Crippen molar-refractivity contribution in [1.82, 2.24) is 5.32 Å². The maximum atomic E-state index is 13.3. The van der Waals surface area contributed by atoms with E-state index in [1.54, 1.807) is 6.07 Å². The molecule has 1 saturated heterocycles. The largest absolute Gasteiger partial charge is 0.371 e. The van der Waals surface area contributed by atoms with E-state index < -0.39 is 17.6 Å². The van der Waals surface area contributed by atoms with E-state index in [2.05, 4.69) is 5.32 Å². The van der Waals surface area contributed by atoms with E-state index in [4.69, 9.17) is 0 Å². The standard InChI is InChI=1S/C14H17FN2O2/c15-10-5-4-6-11(9-10)17-12(18)14(16-13(17)19)7-2-1-3-8-14/h4-6,9,12,18H,1-3,7-8H2,(H,16,19). The van der Waals surface area contributed by atoms with Crippen LogP contribution in [0.2, 0.25) is 0 Å². The Hall–Kier alpha value is -1.62. The van der Waals surface area contributed by atoms with Gasteiger partial charge in [0.15, 0.2) is 6.23 Å². The lowest BCUT2D eigenvalue weighted by Gasteiger charge is -2.36. The minimum absolute atomic E-state index is 0.347. The van der Waals surface area contributed by atoms with Gasteiger partial charge in [-0.15, -0.1) is 0 Å². The van der Waals surface area contributed by atoms with Crippen molar-refractivity contribution in [2.24, 2.45) is 0 Å². The van der Waals surface area contributed by atoms with Crippen LogP contribution in [0.1, 0.15) is 32.1 Å². The van der Waals surface area contributed by atoms with Crippen molar-refractivity contribution in [3.05, 3.63) is 30.1 Å². The number of rotatable bonds is 1. The van der Waals surface area contributed by atoms with Crippen molar-refractivity contribution >= 4 is 11.7 Å². The van der Waals surface area contributed by atoms with Crippen molar-refractivity contribution in [2.75, 3.05) is 4.90 Å². The zero-order chi connectivity index (χ0) is 13.5. The van der Waals surface area contributed by atoms with E-state index in [0.29, 0.717) is 5.69 Å². The van der Waals surface area contributed by atoms with Gasteiger partial charge in [-0.3, -0.25) is 4.90 Å². The van der Waals surface area contributed by atoms with Crippen LogP contribution >= 0.6 is 0 Å². The predicted molar refractivity (Wildman–Crippen MR) is 69.2 cm³/mol. The zero-order valence-corrected chi connectivity index (χ0v) is 10.6. The van der Waals surface area contributed by atoms with Crippen LogP contribution in [0.25, 0.3) is 0 Å². The Morgan fingerprint density at radius 3 is 2.74 bits per heavy atom. The molecule has 1 heterocycles. The molecule has 102 valence electrons. The highest BCUT2D eigenvalue weighted by atomic mass is 19.1. The zero-order valence-electron chi connectivity index (χ0n) is 10.6. The number of aliphatic hydroxyl groups excluding tert-OH is 1. The molecule has 1 aromatic carbocycles. The molecule has 2 aliphatic rings. The summed E-state index contributed by atoms with van der Waals surface area (Å²) < 4.78 is 13.3. The van der Waals surface area contributed by atoms with Crippen LogP contribution in [-0.4, -0.2) is 22.9 Å². The normalized spacial score (nSPS) is 25.7. The number of urea groups is 1. The van der Waals surface area contributed by atoms with E-state index in [1.807, 2.05) is 0 Å². The second kappa shape index (κ2) is 4.49. The molecule has 5 heteroatoms. The van der Waals surface area contributed by atoms with Gasteiger partial charge in [-0.1, -0.05) is 25.3 Å². The molecule has 3 rings (SSSR count). The third kappa shape index (κ3) is 1.98. The van der Waals surface area contributed by atoms with Crippen molar-refractivity contribution in [3.63, 3.8) is 0 Å². The maximum Gasteiger partial charge on any atom is 0.324 e. The Kier molecular flexibility index (Phi) is 2.93. The number of nitrogens with one attached hydrogen (secondary N) is 1. The topological polar surface area (TPSA) is 52.6 Å². The number of hydrogen-bond acceptors (Lipinski definition) is 2. The Labute approximate surface area is 111 Å². The van der Waals surface area contributed by atoms with Gasteiger partial charge in [0.25, 0.3) is 0 Å². The number of hydrogen-bond donors (Lipinski definition) is 2. The summed E-state index contributed by atoms with van der Waals surface area (Å²) >= 11 is 0. The first kappa shape index (κ1) is 12.4. The summed E-state index contributed by atoms with van der Waals surface area (Å²) in [4.78, 5) is 13.4. The van der Waals surface area contributed by atoms with Crippen molar-refractivity contribution < 1.29 is 14.3 Å². The molecular formula is C14H17FN2O2. The van der Waals surface area contributed by atoms with Gasteiger partial charge in [0.2, 0.25) is 0 Å². The molecule has 0 radical (unpaired) electrons. The Bertz CT molecular complexity index is 500. The first-order chi connectivity index (χ1) is 9.12. The number of aliphatic hydroxyl groups is 1. The lowest BCUT2D eigenvalue weighted by atomic mass is 9.81. The quantitative estimate of drug-likeness (QED) is 0.818. The van der Waals surface area contributed by atoms with E-state index in [-0.39, 0.29) is 6.03 Å². The molecule has 0 aromatic heterocycles. The van der Waals surface area contributed by atoms with Crippen LogP contribution in [0.4, 0.5) is 14.9 Å². The summed E-state index contributed by atoms with van der Waals surface area (Å²) in [6.07, 6.45) is 3.73. The first-order valence-corrected chi connectivity index (χ1v) is 6.67. The number of carbonyl (C=O) groups excluding carboxylic acids is 1. The molecule has 2 N–H and O–H groups in total. The van der Waals surface area contributed by atoms with E-state index in [0.717, 1.165) is 32.1 Å². The monoisotopic (exact) mass is 264 g/mol. The fraction of sp³-hybridized carbons (Fsp3) is 0.500. The number of carbonyl (C=O) groups is 1. The first-order valence-electron chi connectivity index (χ1n) is 6.67. The van der Waals surface area contributed by atoms with Crippen molar-refractivity contribution in [1.29, 1.82) is 0 Å². The summed E-state index contributed by atoms with van der Waals surface area (Å²) in [6, 6.07) is 5.41. The lowest BCUT2D eigenvalue weighted by Crippen LogP contribution is -2.51. The van der Waals surface area contributed by atoms with Gasteiger partial charge >= 0.3 is 6.03 Å². The third-order valence-electron chi connectivity index (χ3n) is 4.15. The molecule has 1 saturated carbocycles. The van der Waals surface area contributed by atoms with Gasteiger partial charge in [-0.2, -0.15) is 0 Å². The number of halogens is 1. The molecule has 1 aromatic rings. The summed E-state index contributed by atoms with van der Waals surface area (Å²) in [5.41, 5.74) is -0.172. The van der Waals surface area contributed by atoms with Gasteiger partial charge in [-0.05, 0) is 31.0 Å². The Morgan fingerprint density at radius 1 is 1.32 bits per heavy atom. The van der Waals surface area contributed by atoms with Gasteiger partial charge < -0.3 is 10.4 Å². The molecular weight excluding hydrogens is 247 g/mol. The fourth-order valence-corrected chi connectivity index (χ4v) is 3.15. The van der Waals surface area contributed by atoms with Crippen LogP contribution in [0.3, 0.4) is 0 Å². The number of nitrogens with zero attached hydrogens (tertiary/aromatic N) is 1. The predicted octanol–water partition coefficient (Wildman–Crippen LogP) is 2.38. The maximum absolute atomic E-state index is 13.3. The molecule has 19 heavy (non-hydrogen) atoms. The van der Waals surface area contributed by atoms with Crippen molar-refractivity contribution in [3.8, 4) is 0 Å². The molecule has 1 spiro atoms. The Morgan fingerprint density at radius 2 is 2.05 bits per heavy atom. The summed E-state index contributed by atoms with van der Waals surface area (Å²) in [7, 11) is 0. The SMILES string of the molecule is O=C1NC2(CCCCC2)C(O)N1c1cccc(F)c1. The minimum atomic E-state index is -0.929. The number of benzene rings is 1. The van der Waals surface area contributed by atoms with Gasteiger partial charge in [-0.25, -0.2) is 9.18 Å². The van der Waals surface area contributed by atoms with Crippen LogP contribution in [0.15, 0.2) is 24.3 Å². The van der Waals surface area contributed by atoms with Crippen LogP contribution in [-0.2, 0) is 0 Å². The highest BCUT2D eigenvalue weighted by molar-refractivity contribution is 5.95. The summed E-state index contributed by atoms with van der Waals surface area (Å²) in [6.45, 7) is 0.